The first kappa shape index (κ1) is 11.2. The number of aryl methyl sites for hydroxylation is 1. The van der Waals surface area contributed by atoms with Gasteiger partial charge in [-0.1, -0.05) is 49.1 Å². The molecule has 0 nitrogen and oxygen atoms in total. The van der Waals surface area contributed by atoms with E-state index in [1.165, 1.54) is 16.7 Å². The fourth-order valence-corrected chi connectivity index (χ4v) is 2.59. The molecule has 0 bridgehead atoms. The van der Waals surface area contributed by atoms with E-state index in [1.807, 2.05) is 24.3 Å². The fourth-order valence-electron chi connectivity index (χ4n) is 2.39. The van der Waals surface area contributed by atoms with E-state index < -0.39 is 0 Å². The Morgan fingerprint density at radius 3 is 2.88 bits per heavy atom. The lowest BCUT2D eigenvalue weighted by atomic mass is 9.92. The van der Waals surface area contributed by atoms with Gasteiger partial charge in [-0.3, -0.25) is 0 Å². The Labute approximate surface area is 102 Å². The molecule has 2 rings (SSSR count). The molecule has 0 fully saturated rings. The molecular formula is C15H15Cl. The molecule has 82 valence electrons. The molecule has 1 aromatic rings. The maximum absolute atomic E-state index is 5.99. The first-order chi connectivity index (χ1) is 7.76. The smallest absolute Gasteiger partial charge is 0.0408 e. The second-order valence-corrected chi connectivity index (χ2v) is 4.48. The molecule has 16 heavy (non-hydrogen) atoms. The Morgan fingerprint density at radius 1 is 1.38 bits per heavy atom. The predicted molar refractivity (Wildman–Crippen MR) is 71.0 cm³/mol. The lowest BCUT2D eigenvalue weighted by Gasteiger charge is -2.12. The highest BCUT2D eigenvalue weighted by Gasteiger charge is 2.23. The molecule has 0 radical (unpaired) electrons. The van der Waals surface area contributed by atoms with Crippen molar-refractivity contribution < 1.29 is 0 Å². The van der Waals surface area contributed by atoms with E-state index in [2.05, 4.69) is 25.3 Å². The minimum atomic E-state index is 0.461. The Bertz CT molecular complexity index is 455. The van der Waals surface area contributed by atoms with Crippen molar-refractivity contribution in [3.8, 4) is 0 Å². The summed E-state index contributed by atoms with van der Waals surface area (Å²) in [4.78, 5) is 0. The number of fused-ring (bicyclic) bond motifs is 1. The van der Waals surface area contributed by atoms with Gasteiger partial charge >= 0.3 is 0 Å². The quantitative estimate of drug-likeness (QED) is 0.662. The van der Waals surface area contributed by atoms with Crippen molar-refractivity contribution in [2.45, 2.75) is 18.8 Å². The van der Waals surface area contributed by atoms with Crippen molar-refractivity contribution in [3.05, 3.63) is 71.3 Å². The van der Waals surface area contributed by atoms with Gasteiger partial charge in [-0.15, -0.1) is 0 Å². The van der Waals surface area contributed by atoms with Gasteiger partial charge in [0.2, 0.25) is 0 Å². The third-order valence-electron chi connectivity index (χ3n) is 3.13. The molecular weight excluding hydrogens is 216 g/mol. The van der Waals surface area contributed by atoms with Crippen molar-refractivity contribution in [2.24, 2.45) is 0 Å². The third-order valence-corrected chi connectivity index (χ3v) is 3.37. The average Bonchev–Trinajstić information content (AvgIpc) is 2.68. The zero-order valence-corrected chi connectivity index (χ0v) is 10.0. The van der Waals surface area contributed by atoms with E-state index in [9.17, 15) is 0 Å². The van der Waals surface area contributed by atoms with Crippen LogP contribution in [-0.2, 0) is 6.42 Å². The first-order valence-corrected chi connectivity index (χ1v) is 5.87. The topological polar surface area (TPSA) is 0 Å². The summed E-state index contributed by atoms with van der Waals surface area (Å²) < 4.78 is 0. The normalized spacial score (nSPS) is 19.3. The molecule has 0 unspecified atom stereocenters. The highest BCUT2D eigenvalue weighted by Crippen LogP contribution is 2.39. The highest BCUT2D eigenvalue weighted by atomic mass is 35.5. The van der Waals surface area contributed by atoms with Crippen LogP contribution in [0.3, 0.4) is 0 Å². The van der Waals surface area contributed by atoms with Crippen molar-refractivity contribution in [1.29, 1.82) is 0 Å². The van der Waals surface area contributed by atoms with Crippen LogP contribution in [0.2, 0.25) is 5.02 Å². The number of hydrogen-bond donors (Lipinski definition) is 0. The van der Waals surface area contributed by atoms with Gasteiger partial charge in [0.15, 0.2) is 0 Å². The molecule has 0 heterocycles. The number of halogens is 1. The molecule has 1 atom stereocenters. The summed E-state index contributed by atoms with van der Waals surface area (Å²) in [7, 11) is 0. The average molecular weight is 231 g/mol. The SMILES string of the molecule is C=C/C=C(\C=C)[C@H]1CCc2cc(Cl)ccc21. The summed E-state index contributed by atoms with van der Waals surface area (Å²) in [6.07, 6.45) is 8.03. The summed E-state index contributed by atoms with van der Waals surface area (Å²) in [5.41, 5.74) is 4.00. The second kappa shape index (κ2) is 4.71. The zero-order valence-electron chi connectivity index (χ0n) is 9.25. The molecule has 0 saturated carbocycles. The van der Waals surface area contributed by atoms with Crippen LogP contribution in [0.5, 0.6) is 0 Å². The fraction of sp³-hybridized carbons (Fsp3) is 0.200. The minimum absolute atomic E-state index is 0.461. The molecule has 1 aliphatic rings. The minimum Gasteiger partial charge on any atom is -0.0991 e. The van der Waals surface area contributed by atoms with Gasteiger partial charge < -0.3 is 0 Å². The second-order valence-electron chi connectivity index (χ2n) is 4.04. The van der Waals surface area contributed by atoms with Gasteiger partial charge in [-0.05, 0) is 41.7 Å². The Morgan fingerprint density at radius 2 is 2.19 bits per heavy atom. The van der Waals surface area contributed by atoms with Crippen molar-refractivity contribution in [2.75, 3.05) is 0 Å². The molecule has 1 aromatic carbocycles. The summed E-state index contributed by atoms with van der Waals surface area (Å²) in [6, 6.07) is 6.18. The monoisotopic (exact) mass is 230 g/mol. The van der Waals surface area contributed by atoms with Gasteiger partial charge in [0.25, 0.3) is 0 Å². The summed E-state index contributed by atoms with van der Waals surface area (Å²) in [5, 5.41) is 0.826. The lowest BCUT2D eigenvalue weighted by molar-refractivity contribution is 0.787. The van der Waals surface area contributed by atoms with Gasteiger partial charge in [0.05, 0.1) is 0 Å². The predicted octanol–water partition coefficient (Wildman–Crippen LogP) is 4.67. The number of allylic oxidation sites excluding steroid dienone is 4. The largest absolute Gasteiger partial charge is 0.0991 e. The molecule has 0 aromatic heterocycles. The Balaban J connectivity index is 2.40. The molecule has 0 aliphatic heterocycles. The molecule has 0 spiro atoms. The summed E-state index contributed by atoms with van der Waals surface area (Å²) >= 11 is 5.99. The van der Waals surface area contributed by atoms with E-state index in [0.717, 1.165) is 17.9 Å². The maximum Gasteiger partial charge on any atom is 0.0408 e. The molecule has 1 heteroatoms. The van der Waals surface area contributed by atoms with Gasteiger partial charge in [0.1, 0.15) is 0 Å². The Hall–Kier alpha value is -1.27. The van der Waals surface area contributed by atoms with Gasteiger partial charge in [0, 0.05) is 10.9 Å². The summed E-state index contributed by atoms with van der Waals surface area (Å²) in [6.45, 7) is 7.62. The van der Waals surface area contributed by atoms with Crippen LogP contribution in [0.25, 0.3) is 0 Å². The van der Waals surface area contributed by atoms with Crippen LogP contribution in [0.4, 0.5) is 0 Å². The van der Waals surface area contributed by atoms with Crippen LogP contribution < -0.4 is 0 Å². The van der Waals surface area contributed by atoms with Gasteiger partial charge in [-0.25, -0.2) is 0 Å². The van der Waals surface area contributed by atoms with E-state index in [-0.39, 0.29) is 0 Å². The standard InChI is InChI=1S/C15H15Cl/c1-3-5-11(4-2)14-8-6-12-10-13(16)7-9-15(12)14/h3-5,7,9-10,14H,1-2,6,8H2/b11-5+/t14-/m1/s1. The van der Waals surface area contributed by atoms with Gasteiger partial charge in [-0.2, -0.15) is 0 Å². The molecule has 0 amide bonds. The van der Waals surface area contributed by atoms with Crippen LogP contribution in [0, 0.1) is 0 Å². The first-order valence-electron chi connectivity index (χ1n) is 5.49. The number of rotatable bonds is 3. The van der Waals surface area contributed by atoms with E-state index in [1.54, 1.807) is 0 Å². The number of hydrogen-bond acceptors (Lipinski definition) is 0. The number of benzene rings is 1. The van der Waals surface area contributed by atoms with Crippen molar-refractivity contribution >= 4 is 11.6 Å². The van der Waals surface area contributed by atoms with Crippen molar-refractivity contribution in [3.63, 3.8) is 0 Å². The maximum atomic E-state index is 5.99. The lowest BCUT2D eigenvalue weighted by Crippen LogP contribution is -1.95. The molecule has 0 N–H and O–H groups in total. The molecule has 1 aliphatic carbocycles. The Kier molecular flexibility index (Phi) is 3.31. The molecule has 0 saturated heterocycles. The van der Waals surface area contributed by atoms with E-state index in [4.69, 9.17) is 11.6 Å². The zero-order chi connectivity index (χ0) is 11.5. The van der Waals surface area contributed by atoms with E-state index in [0.29, 0.717) is 5.92 Å². The summed E-state index contributed by atoms with van der Waals surface area (Å²) in [5.74, 6) is 0.461. The van der Waals surface area contributed by atoms with Crippen molar-refractivity contribution in [1.82, 2.24) is 0 Å². The van der Waals surface area contributed by atoms with Crippen LogP contribution in [0.15, 0.2) is 55.2 Å². The highest BCUT2D eigenvalue weighted by molar-refractivity contribution is 6.30. The van der Waals surface area contributed by atoms with E-state index >= 15 is 0 Å². The van der Waals surface area contributed by atoms with Crippen LogP contribution in [0.1, 0.15) is 23.5 Å². The van der Waals surface area contributed by atoms with Crippen LogP contribution >= 0.6 is 11.6 Å². The van der Waals surface area contributed by atoms with Crippen LogP contribution in [-0.4, -0.2) is 0 Å². The third kappa shape index (κ3) is 1.98.